The van der Waals surface area contributed by atoms with Gasteiger partial charge in [-0.05, 0) is 38.5 Å². The minimum Gasteiger partial charge on any atom is -0.462 e. The number of aliphatic hydroxyl groups is 2. The third kappa shape index (κ3) is 42.4. The number of phosphoric acid groups is 1. The average molecular weight is 831 g/mol. The summed E-state index contributed by atoms with van der Waals surface area (Å²) in [5, 5.41) is 18.3. The predicted molar refractivity (Wildman–Crippen MR) is 233 cm³/mol. The Bertz CT molecular complexity index is 1000. The van der Waals surface area contributed by atoms with Crippen LogP contribution < -0.4 is 0 Å². The van der Waals surface area contributed by atoms with Crippen LogP contribution in [0.4, 0.5) is 0 Å². The molecule has 0 aromatic carbocycles. The predicted octanol–water partition coefficient (Wildman–Crippen LogP) is 12.6. The van der Waals surface area contributed by atoms with Gasteiger partial charge in [-0.3, -0.25) is 18.6 Å². The van der Waals surface area contributed by atoms with Crippen molar-refractivity contribution in [3.63, 3.8) is 0 Å². The van der Waals surface area contributed by atoms with Crippen LogP contribution in [0.1, 0.15) is 219 Å². The Morgan fingerprint density at radius 2 is 0.930 bits per heavy atom. The number of esters is 2. The topological polar surface area (TPSA) is 149 Å². The number of aliphatic hydroxyl groups excluding tert-OH is 2. The maximum Gasteiger partial charge on any atom is 0.472 e. The average Bonchev–Trinajstić information content (AvgIpc) is 3.20. The minimum atomic E-state index is -4.63. The van der Waals surface area contributed by atoms with Gasteiger partial charge in [0.1, 0.15) is 12.7 Å². The summed E-state index contributed by atoms with van der Waals surface area (Å²) in [4.78, 5) is 35.0. The van der Waals surface area contributed by atoms with Gasteiger partial charge in [-0.25, -0.2) is 4.57 Å². The molecule has 0 rings (SSSR count). The van der Waals surface area contributed by atoms with Crippen molar-refractivity contribution in [1.82, 2.24) is 0 Å². The smallest absolute Gasteiger partial charge is 0.462 e. The second kappa shape index (κ2) is 42.6. The zero-order chi connectivity index (χ0) is 41.9. The zero-order valence-electron chi connectivity index (χ0n) is 36.6. The summed E-state index contributed by atoms with van der Waals surface area (Å²) in [5.74, 6) is -0.967. The number of phosphoric ester groups is 1. The first-order valence-electron chi connectivity index (χ1n) is 23.3. The van der Waals surface area contributed by atoms with Crippen molar-refractivity contribution < 1.29 is 47.8 Å². The summed E-state index contributed by atoms with van der Waals surface area (Å²) in [5.41, 5.74) is 0. The quantitative estimate of drug-likeness (QED) is 0.0234. The van der Waals surface area contributed by atoms with E-state index in [9.17, 15) is 24.2 Å². The maximum atomic E-state index is 12.6. The molecular formula is C46H87O10P. The number of ether oxygens (including phenoxy) is 2. The number of hydrogen-bond donors (Lipinski definition) is 3. The fourth-order valence-electron chi connectivity index (χ4n) is 6.50. The second-order valence-electron chi connectivity index (χ2n) is 15.8. The molecule has 0 bridgehead atoms. The van der Waals surface area contributed by atoms with E-state index in [1.165, 1.54) is 141 Å². The van der Waals surface area contributed by atoms with Gasteiger partial charge in [-0.1, -0.05) is 192 Å². The SMILES string of the molecule is CCCCCCCCCCC/C=C/C/C=C/CCCC(=O)O[C@H](COC(=O)CCCCCCCCCCCCCCCCCCC)COP(=O)(O)OC[C@@H](O)CO. The van der Waals surface area contributed by atoms with Gasteiger partial charge in [-0.15, -0.1) is 0 Å². The van der Waals surface area contributed by atoms with E-state index in [4.69, 9.17) is 23.6 Å². The molecule has 0 saturated carbocycles. The Balaban J connectivity index is 4.29. The van der Waals surface area contributed by atoms with E-state index in [1.54, 1.807) is 0 Å². The number of carbonyl (C=O) groups excluding carboxylic acids is 2. The van der Waals surface area contributed by atoms with E-state index in [2.05, 4.69) is 32.1 Å². The van der Waals surface area contributed by atoms with Gasteiger partial charge in [0.05, 0.1) is 19.8 Å². The molecule has 0 aliphatic rings. The van der Waals surface area contributed by atoms with Crippen LogP contribution in [-0.4, -0.2) is 65.7 Å². The van der Waals surface area contributed by atoms with Crippen molar-refractivity contribution in [3.8, 4) is 0 Å². The molecule has 0 heterocycles. The number of unbranched alkanes of at least 4 members (excludes halogenated alkanes) is 26. The lowest BCUT2D eigenvalue weighted by Gasteiger charge is -2.20. The Labute approximate surface area is 348 Å². The van der Waals surface area contributed by atoms with E-state index in [1.807, 2.05) is 6.08 Å². The van der Waals surface area contributed by atoms with E-state index >= 15 is 0 Å². The number of rotatable bonds is 44. The Morgan fingerprint density at radius 1 is 0.526 bits per heavy atom. The van der Waals surface area contributed by atoms with Crippen LogP contribution in [0, 0.1) is 0 Å². The molecule has 57 heavy (non-hydrogen) atoms. The fraction of sp³-hybridized carbons (Fsp3) is 0.870. The maximum absolute atomic E-state index is 12.6. The van der Waals surface area contributed by atoms with Gasteiger partial charge < -0.3 is 24.6 Å². The molecule has 0 fully saturated rings. The first-order valence-corrected chi connectivity index (χ1v) is 24.8. The highest BCUT2D eigenvalue weighted by Crippen LogP contribution is 2.43. The lowest BCUT2D eigenvalue weighted by molar-refractivity contribution is -0.161. The lowest BCUT2D eigenvalue weighted by atomic mass is 10.0. The minimum absolute atomic E-state index is 0.123. The van der Waals surface area contributed by atoms with Crippen molar-refractivity contribution in [1.29, 1.82) is 0 Å². The summed E-state index contributed by atoms with van der Waals surface area (Å²) < 4.78 is 32.7. The molecule has 0 saturated heterocycles. The van der Waals surface area contributed by atoms with Crippen molar-refractivity contribution >= 4 is 19.8 Å². The van der Waals surface area contributed by atoms with Gasteiger partial charge in [0.25, 0.3) is 0 Å². The highest BCUT2D eigenvalue weighted by molar-refractivity contribution is 7.47. The van der Waals surface area contributed by atoms with Gasteiger partial charge >= 0.3 is 19.8 Å². The molecule has 3 N–H and O–H groups in total. The van der Waals surface area contributed by atoms with Crippen LogP contribution in [-0.2, 0) is 32.7 Å². The van der Waals surface area contributed by atoms with Crippen molar-refractivity contribution in [2.45, 2.75) is 232 Å². The van der Waals surface area contributed by atoms with Gasteiger partial charge in [0.15, 0.2) is 6.10 Å². The molecule has 0 spiro atoms. The first kappa shape index (κ1) is 55.5. The van der Waals surface area contributed by atoms with Crippen LogP contribution in [0.5, 0.6) is 0 Å². The molecule has 0 aromatic heterocycles. The van der Waals surface area contributed by atoms with Crippen LogP contribution in [0.15, 0.2) is 24.3 Å². The zero-order valence-corrected chi connectivity index (χ0v) is 37.5. The summed E-state index contributed by atoms with van der Waals surface area (Å²) in [6, 6.07) is 0. The second-order valence-corrected chi connectivity index (χ2v) is 17.2. The molecule has 0 aliphatic heterocycles. The van der Waals surface area contributed by atoms with Crippen molar-refractivity contribution in [2.24, 2.45) is 0 Å². The van der Waals surface area contributed by atoms with E-state index in [0.29, 0.717) is 19.3 Å². The van der Waals surface area contributed by atoms with Crippen LogP contribution in [0.25, 0.3) is 0 Å². The molecule has 10 nitrogen and oxygen atoms in total. The van der Waals surface area contributed by atoms with Gasteiger partial charge in [-0.2, -0.15) is 0 Å². The van der Waals surface area contributed by atoms with Gasteiger partial charge in [0, 0.05) is 12.8 Å². The molecule has 1 unspecified atom stereocenters. The van der Waals surface area contributed by atoms with E-state index < -0.39 is 51.8 Å². The third-order valence-corrected chi connectivity index (χ3v) is 11.1. The molecular weight excluding hydrogens is 743 g/mol. The van der Waals surface area contributed by atoms with E-state index in [0.717, 1.165) is 32.1 Å². The Kier molecular flexibility index (Phi) is 41.4. The molecule has 11 heteroatoms. The third-order valence-electron chi connectivity index (χ3n) is 10.1. The largest absolute Gasteiger partial charge is 0.472 e. The van der Waals surface area contributed by atoms with Crippen LogP contribution >= 0.6 is 7.82 Å². The summed E-state index contributed by atoms with van der Waals surface area (Å²) in [6.07, 6.45) is 42.9. The Morgan fingerprint density at radius 3 is 1.40 bits per heavy atom. The standard InChI is InChI=1S/C46H87O10P/c1-3-5-7-9-11-13-15-17-19-21-23-25-27-29-31-33-35-37-45(49)53-41-44(42-55-57(51,52)54-40-43(48)39-47)56-46(50)38-36-34-32-30-28-26-24-22-20-18-16-14-12-10-8-6-4-2/h24,26,30,32,43-44,47-48H,3-23,25,27-29,31,33-42H2,1-2H3,(H,51,52)/b26-24+,32-30+/t43-,44+/m0/s1. The van der Waals surface area contributed by atoms with E-state index in [-0.39, 0.29) is 19.4 Å². The Hall–Kier alpha value is -1.55. The first-order chi connectivity index (χ1) is 27.7. The normalized spacial score (nSPS) is 14.0. The van der Waals surface area contributed by atoms with Crippen molar-refractivity contribution in [2.75, 3.05) is 26.4 Å². The van der Waals surface area contributed by atoms with Crippen LogP contribution in [0.2, 0.25) is 0 Å². The monoisotopic (exact) mass is 831 g/mol. The summed E-state index contributed by atoms with van der Waals surface area (Å²) in [7, 11) is -4.63. The number of carbonyl (C=O) groups is 2. The molecule has 3 atom stereocenters. The lowest BCUT2D eigenvalue weighted by Crippen LogP contribution is -2.29. The fourth-order valence-corrected chi connectivity index (χ4v) is 7.29. The van der Waals surface area contributed by atoms with Crippen molar-refractivity contribution in [3.05, 3.63) is 24.3 Å². The molecule has 0 aromatic rings. The van der Waals surface area contributed by atoms with Crippen LogP contribution in [0.3, 0.4) is 0 Å². The molecule has 0 aliphatic carbocycles. The van der Waals surface area contributed by atoms with Gasteiger partial charge in [0.2, 0.25) is 0 Å². The molecule has 336 valence electrons. The highest BCUT2D eigenvalue weighted by Gasteiger charge is 2.27. The number of hydrogen-bond acceptors (Lipinski definition) is 9. The molecule has 0 radical (unpaired) electrons. The highest BCUT2D eigenvalue weighted by atomic mass is 31.2. The summed E-state index contributed by atoms with van der Waals surface area (Å²) >= 11 is 0. The summed E-state index contributed by atoms with van der Waals surface area (Å²) in [6.45, 7) is 2.37. The number of allylic oxidation sites excluding steroid dienone is 4. The molecule has 0 amide bonds.